The number of carbonyl (C=O) groups is 1. The number of carbonyl (C=O) groups excluding carboxylic acids is 1. The summed E-state index contributed by atoms with van der Waals surface area (Å²) in [6.07, 6.45) is 0. The van der Waals surface area contributed by atoms with Crippen molar-refractivity contribution in [2.24, 2.45) is 0 Å². The van der Waals surface area contributed by atoms with E-state index in [0.29, 0.717) is 70.3 Å². The zero-order valence-corrected chi connectivity index (χ0v) is 21.9. The molecule has 10 nitrogen and oxygen atoms in total. The molecule has 0 spiro atoms. The lowest BCUT2D eigenvalue weighted by Crippen LogP contribution is -2.39. The first-order valence-corrected chi connectivity index (χ1v) is 12.5. The van der Waals surface area contributed by atoms with E-state index in [-0.39, 0.29) is 16.4 Å². The van der Waals surface area contributed by atoms with Crippen molar-refractivity contribution in [2.45, 2.75) is 0 Å². The van der Waals surface area contributed by atoms with E-state index in [1.54, 1.807) is 42.5 Å². The molecule has 0 aliphatic carbocycles. The second-order valence-electron chi connectivity index (χ2n) is 8.30. The lowest BCUT2D eigenvalue weighted by atomic mass is 10.1. The minimum atomic E-state index is -0.564. The number of ether oxygens (including phenoxy) is 1. The molecule has 1 aliphatic rings. The second-order valence-corrected chi connectivity index (χ2v) is 9.55. The summed E-state index contributed by atoms with van der Waals surface area (Å²) in [5.41, 5.74) is 2.81. The predicted octanol–water partition coefficient (Wildman–Crippen LogP) is 5.67. The Hall–Kier alpha value is -3.77. The van der Waals surface area contributed by atoms with Crippen LogP contribution in [0.25, 0.3) is 22.6 Å². The quantitative estimate of drug-likeness (QED) is 0.177. The van der Waals surface area contributed by atoms with Gasteiger partial charge >= 0.3 is 0 Å². The Morgan fingerprint density at radius 1 is 1.08 bits per heavy atom. The van der Waals surface area contributed by atoms with Crippen LogP contribution in [0.4, 0.5) is 17.1 Å². The minimum Gasteiger partial charge on any atom is -0.435 e. The molecule has 0 radical (unpaired) electrons. The summed E-state index contributed by atoms with van der Waals surface area (Å²) in [5.74, 6) is -0.195. The molecule has 1 amide bonds. The van der Waals surface area contributed by atoms with Gasteiger partial charge in [-0.15, -0.1) is 0 Å². The van der Waals surface area contributed by atoms with Gasteiger partial charge in [0, 0.05) is 41.5 Å². The van der Waals surface area contributed by atoms with Gasteiger partial charge in [-0.3, -0.25) is 20.2 Å². The molecule has 0 unspecified atom stereocenters. The van der Waals surface area contributed by atoms with Crippen LogP contribution in [-0.2, 0) is 4.74 Å². The van der Waals surface area contributed by atoms with E-state index < -0.39 is 10.8 Å². The zero-order valence-electron chi connectivity index (χ0n) is 19.6. The molecule has 38 heavy (non-hydrogen) atoms. The predicted molar refractivity (Wildman–Crippen MR) is 149 cm³/mol. The molecule has 0 saturated carbocycles. The number of nitrogens with one attached hydrogen (secondary N) is 2. The first kappa shape index (κ1) is 25.9. The molecule has 0 atom stereocenters. The Labute approximate surface area is 231 Å². The molecular formula is C25H19Cl2N5O5S. The normalized spacial score (nSPS) is 13.4. The van der Waals surface area contributed by atoms with Crippen molar-refractivity contribution in [2.75, 3.05) is 36.5 Å². The fraction of sp³-hybridized carbons (Fsp3) is 0.160. The molecule has 0 bridgehead atoms. The Bertz CT molecular complexity index is 1550. The van der Waals surface area contributed by atoms with Crippen LogP contribution in [0.1, 0.15) is 10.4 Å². The monoisotopic (exact) mass is 571 g/mol. The van der Waals surface area contributed by atoms with Gasteiger partial charge in [0.2, 0.25) is 5.89 Å². The van der Waals surface area contributed by atoms with E-state index in [1.165, 1.54) is 12.1 Å². The van der Waals surface area contributed by atoms with Gasteiger partial charge in [-0.2, -0.15) is 0 Å². The number of anilines is 2. The highest BCUT2D eigenvalue weighted by molar-refractivity contribution is 7.80. The number of morpholine rings is 1. The van der Waals surface area contributed by atoms with Gasteiger partial charge in [0.15, 0.2) is 10.7 Å². The van der Waals surface area contributed by atoms with Crippen LogP contribution in [0.15, 0.2) is 59.0 Å². The highest BCUT2D eigenvalue weighted by Gasteiger charge is 2.23. The number of thiocarbonyl (C=S) groups is 1. The van der Waals surface area contributed by atoms with E-state index >= 15 is 0 Å². The summed E-state index contributed by atoms with van der Waals surface area (Å²) in [6, 6.07) is 14.5. The smallest absolute Gasteiger partial charge is 0.270 e. The molecular weight excluding hydrogens is 553 g/mol. The average Bonchev–Trinajstić information content (AvgIpc) is 3.33. The standard InChI is InChI=1S/C25H19Cl2N5O5S/c26-15-11-19(27)22-20(12-15)29-24(37-22)14-1-3-16(4-2-14)28-25(38)30-23(33)18-13-17(32(34)35)5-6-21(18)31-7-9-36-10-8-31/h1-6,11-13H,7-10H2,(H2,28,30,33,38). The van der Waals surface area contributed by atoms with Crippen LogP contribution in [0, 0.1) is 10.1 Å². The number of non-ortho nitro benzene ring substituents is 1. The average molecular weight is 572 g/mol. The van der Waals surface area contributed by atoms with Crippen LogP contribution in [0.2, 0.25) is 10.0 Å². The fourth-order valence-corrected chi connectivity index (χ4v) is 4.74. The van der Waals surface area contributed by atoms with Crippen molar-refractivity contribution in [3.05, 3.63) is 80.3 Å². The summed E-state index contributed by atoms with van der Waals surface area (Å²) in [7, 11) is 0. The number of benzene rings is 3. The molecule has 3 aromatic carbocycles. The highest BCUT2D eigenvalue weighted by atomic mass is 35.5. The number of halogens is 2. The van der Waals surface area contributed by atoms with Crippen LogP contribution < -0.4 is 15.5 Å². The number of hydrogen-bond acceptors (Lipinski definition) is 8. The van der Waals surface area contributed by atoms with Crippen molar-refractivity contribution < 1.29 is 18.9 Å². The number of nitrogens with zero attached hydrogens (tertiary/aromatic N) is 3. The van der Waals surface area contributed by atoms with Crippen molar-refractivity contribution in [1.82, 2.24) is 10.3 Å². The van der Waals surface area contributed by atoms with E-state index in [4.69, 9.17) is 44.6 Å². The number of aromatic nitrogens is 1. The van der Waals surface area contributed by atoms with Gasteiger partial charge in [0.1, 0.15) is 5.52 Å². The van der Waals surface area contributed by atoms with Crippen molar-refractivity contribution in [3.8, 4) is 11.5 Å². The third-order valence-corrected chi connectivity index (χ3v) is 6.52. The van der Waals surface area contributed by atoms with Crippen molar-refractivity contribution >= 4 is 74.6 Å². The number of oxazole rings is 1. The molecule has 2 N–H and O–H groups in total. The molecule has 5 rings (SSSR count). The lowest BCUT2D eigenvalue weighted by molar-refractivity contribution is -0.384. The maximum absolute atomic E-state index is 13.1. The number of nitro groups is 1. The second kappa shape index (κ2) is 10.9. The highest BCUT2D eigenvalue weighted by Crippen LogP contribution is 2.32. The fourth-order valence-electron chi connectivity index (χ4n) is 4.01. The summed E-state index contributed by atoms with van der Waals surface area (Å²) >= 11 is 17.6. The van der Waals surface area contributed by atoms with Crippen LogP contribution in [0.3, 0.4) is 0 Å². The molecule has 13 heteroatoms. The van der Waals surface area contributed by atoms with Gasteiger partial charge < -0.3 is 19.4 Å². The van der Waals surface area contributed by atoms with Gasteiger partial charge in [0.05, 0.1) is 34.4 Å². The van der Waals surface area contributed by atoms with Crippen LogP contribution in [-0.4, -0.2) is 47.2 Å². The topological polar surface area (TPSA) is 123 Å². The molecule has 1 saturated heterocycles. The Kier molecular flexibility index (Phi) is 7.43. The number of fused-ring (bicyclic) bond motifs is 1. The van der Waals surface area contributed by atoms with Crippen LogP contribution >= 0.6 is 35.4 Å². The largest absolute Gasteiger partial charge is 0.435 e. The summed E-state index contributed by atoms with van der Waals surface area (Å²) in [6.45, 7) is 2.12. The molecule has 1 aromatic heterocycles. The SMILES string of the molecule is O=C(NC(=S)Nc1ccc(-c2nc3cc(Cl)cc(Cl)c3o2)cc1)c1cc([N+](=O)[O-])ccc1N1CCOCC1. The third kappa shape index (κ3) is 5.55. The lowest BCUT2D eigenvalue weighted by Gasteiger charge is -2.30. The maximum atomic E-state index is 13.1. The Morgan fingerprint density at radius 3 is 2.53 bits per heavy atom. The first-order valence-electron chi connectivity index (χ1n) is 11.4. The molecule has 1 aliphatic heterocycles. The Balaban J connectivity index is 1.30. The minimum absolute atomic E-state index is 0.0328. The van der Waals surface area contributed by atoms with Gasteiger partial charge in [-0.25, -0.2) is 4.98 Å². The van der Waals surface area contributed by atoms with E-state index in [0.717, 1.165) is 0 Å². The first-order chi connectivity index (χ1) is 18.3. The summed E-state index contributed by atoms with van der Waals surface area (Å²) in [4.78, 5) is 30.3. The van der Waals surface area contributed by atoms with Gasteiger partial charge in [-0.1, -0.05) is 23.2 Å². The van der Waals surface area contributed by atoms with Crippen LogP contribution in [0.5, 0.6) is 0 Å². The van der Waals surface area contributed by atoms with Crippen molar-refractivity contribution in [1.29, 1.82) is 0 Å². The number of rotatable bonds is 5. The summed E-state index contributed by atoms with van der Waals surface area (Å²) in [5, 5.41) is 17.7. The maximum Gasteiger partial charge on any atom is 0.270 e. The van der Waals surface area contributed by atoms with E-state index in [2.05, 4.69) is 15.6 Å². The molecule has 1 fully saturated rings. The number of hydrogen-bond donors (Lipinski definition) is 2. The van der Waals surface area contributed by atoms with Gasteiger partial charge in [-0.05, 0) is 54.7 Å². The molecule has 2 heterocycles. The van der Waals surface area contributed by atoms with Gasteiger partial charge in [0.25, 0.3) is 11.6 Å². The number of nitro benzene ring substituents is 1. The zero-order chi connectivity index (χ0) is 26.8. The number of amides is 1. The molecule has 194 valence electrons. The third-order valence-electron chi connectivity index (χ3n) is 5.81. The van der Waals surface area contributed by atoms with Crippen molar-refractivity contribution in [3.63, 3.8) is 0 Å². The van der Waals surface area contributed by atoms with E-state index in [9.17, 15) is 14.9 Å². The Morgan fingerprint density at radius 2 is 1.82 bits per heavy atom. The van der Waals surface area contributed by atoms with E-state index in [1.807, 2.05) is 4.90 Å². The summed E-state index contributed by atoms with van der Waals surface area (Å²) < 4.78 is 11.2. The molecule has 4 aromatic rings.